The average Bonchev–Trinajstić information content (AvgIpc) is 3.03. The maximum atomic E-state index is 13.4. The van der Waals surface area contributed by atoms with E-state index in [1.54, 1.807) is 30.3 Å². The molecule has 0 aliphatic carbocycles. The summed E-state index contributed by atoms with van der Waals surface area (Å²) >= 11 is 0. The summed E-state index contributed by atoms with van der Waals surface area (Å²) in [5.74, 6) is -6.40. The Kier molecular flexibility index (Phi) is 13.5. The van der Waals surface area contributed by atoms with Crippen molar-refractivity contribution in [2.45, 2.75) is 51.5 Å². The molecule has 0 aliphatic heterocycles. The minimum atomic E-state index is -2.02. The summed E-state index contributed by atoms with van der Waals surface area (Å²) < 4.78 is 24.6. The van der Waals surface area contributed by atoms with Crippen molar-refractivity contribution in [2.24, 2.45) is 0 Å². The highest BCUT2D eigenvalue weighted by atomic mass is 16.6. The number of carbonyl (C=O) groups is 7. The van der Waals surface area contributed by atoms with Crippen molar-refractivity contribution in [3.63, 3.8) is 0 Å². The van der Waals surface area contributed by atoms with Gasteiger partial charge < -0.3 is 34.3 Å². The van der Waals surface area contributed by atoms with E-state index in [0.29, 0.717) is 5.56 Å². The predicted octanol–water partition coefficient (Wildman–Crippen LogP) is 1.03. The van der Waals surface area contributed by atoms with Gasteiger partial charge in [0.15, 0.2) is 0 Å². The van der Waals surface area contributed by atoms with Gasteiger partial charge in [-0.2, -0.15) is 0 Å². The summed E-state index contributed by atoms with van der Waals surface area (Å²) in [7, 11) is 3.41. The molecule has 0 aromatic heterocycles. The summed E-state index contributed by atoms with van der Waals surface area (Å²) in [6, 6.07) is 11.3. The number of amides is 2. The van der Waals surface area contributed by atoms with Gasteiger partial charge in [0, 0.05) is 26.3 Å². The van der Waals surface area contributed by atoms with Crippen molar-refractivity contribution >= 4 is 41.7 Å². The van der Waals surface area contributed by atoms with Gasteiger partial charge in [0.1, 0.15) is 6.04 Å². The van der Waals surface area contributed by atoms with Crippen molar-refractivity contribution in [3.8, 4) is 0 Å². The van der Waals surface area contributed by atoms with Gasteiger partial charge in [-0.3, -0.25) is 19.2 Å². The Balaban J connectivity index is 2.40. The first-order chi connectivity index (χ1) is 20.9. The van der Waals surface area contributed by atoms with E-state index in [9.17, 15) is 33.6 Å². The van der Waals surface area contributed by atoms with Crippen molar-refractivity contribution in [1.29, 1.82) is 0 Å². The molecule has 0 aliphatic rings. The molecular formula is C30H34N2O12. The summed E-state index contributed by atoms with van der Waals surface area (Å²) in [4.78, 5) is 87.8. The second-order valence-corrected chi connectivity index (χ2v) is 9.19. The Hall–Kier alpha value is -5.27. The second-order valence-electron chi connectivity index (χ2n) is 9.19. The number of carbonyl (C=O) groups excluding carboxylic acids is 7. The van der Waals surface area contributed by atoms with E-state index in [0.717, 1.165) is 28.3 Å². The highest BCUT2D eigenvalue weighted by Gasteiger charge is 2.41. The molecule has 0 saturated heterocycles. The van der Waals surface area contributed by atoms with Gasteiger partial charge >= 0.3 is 29.8 Å². The first-order valence-corrected chi connectivity index (χ1v) is 13.3. The monoisotopic (exact) mass is 614 g/mol. The lowest BCUT2D eigenvalue weighted by Crippen LogP contribution is -2.56. The van der Waals surface area contributed by atoms with Gasteiger partial charge in [0.25, 0.3) is 11.8 Å². The van der Waals surface area contributed by atoms with Crippen molar-refractivity contribution in [2.75, 3.05) is 21.3 Å². The van der Waals surface area contributed by atoms with Crippen LogP contribution in [0.25, 0.3) is 0 Å². The van der Waals surface area contributed by atoms with Gasteiger partial charge in [-0.25, -0.2) is 14.4 Å². The molecular weight excluding hydrogens is 580 g/mol. The van der Waals surface area contributed by atoms with Gasteiger partial charge in [0.05, 0.1) is 32.5 Å². The van der Waals surface area contributed by atoms with E-state index < -0.39 is 59.9 Å². The van der Waals surface area contributed by atoms with Crippen molar-refractivity contribution in [1.82, 2.24) is 10.6 Å². The Morgan fingerprint density at radius 3 is 1.80 bits per heavy atom. The SMILES string of the molecule is CCC(=O)O[C@@H](C(=O)NCc1cc(C(=O)OC)cc(C(=O)OC)c1)[C@@H](OC(C)=O)C(=O)N[C@@H](Cc1ccccc1)C(=O)OC. The summed E-state index contributed by atoms with van der Waals surface area (Å²) in [5, 5.41) is 4.86. The van der Waals surface area contributed by atoms with E-state index in [4.69, 9.17) is 23.7 Å². The number of benzene rings is 2. The molecule has 0 unspecified atom stereocenters. The second kappa shape index (κ2) is 17.0. The molecule has 3 atom stereocenters. The third-order valence-corrected chi connectivity index (χ3v) is 6.02. The van der Waals surface area contributed by atoms with Crippen LogP contribution in [0.4, 0.5) is 0 Å². The van der Waals surface area contributed by atoms with Gasteiger partial charge in [-0.15, -0.1) is 0 Å². The predicted molar refractivity (Wildman–Crippen MR) is 151 cm³/mol. The zero-order valence-electron chi connectivity index (χ0n) is 24.9. The normalized spacial score (nSPS) is 12.4. The topological polar surface area (TPSA) is 190 Å². The van der Waals surface area contributed by atoms with Gasteiger partial charge in [0.2, 0.25) is 12.2 Å². The fraction of sp³-hybridized carbons (Fsp3) is 0.367. The van der Waals surface area contributed by atoms with Crippen LogP contribution in [0.2, 0.25) is 0 Å². The molecule has 14 nitrogen and oxygen atoms in total. The molecule has 0 spiro atoms. The number of nitrogens with one attached hydrogen (secondary N) is 2. The lowest BCUT2D eigenvalue weighted by molar-refractivity contribution is -0.176. The minimum Gasteiger partial charge on any atom is -0.467 e. The fourth-order valence-corrected chi connectivity index (χ4v) is 3.90. The van der Waals surface area contributed by atoms with Crippen LogP contribution < -0.4 is 10.6 Å². The Morgan fingerprint density at radius 2 is 1.30 bits per heavy atom. The molecule has 0 heterocycles. The van der Waals surface area contributed by atoms with Crippen LogP contribution in [-0.4, -0.2) is 81.2 Å². The van der Waals surface area contributed by atoms with Crippen LogP contribution >= 0.6 is 0 Å². The third kappa shape index (κ3) is 10.2. The van der Waals surface area contributed by atoms with E-state index in [1.807, 2.05) is 0 Å². The smallest absolute Gasteiger partial charge is 0.337 e. The van der Waals surface area contributed by atoms with Crippen LogP contribution in [0.1, 0.15) is 52.1 Å². The number of hydrogen-bond acceptors (Lipinski definition) is 12. The Morgan fingerprint density at radius 1 is 0.727 bits per heavy atom. The molecule has 0 bridgehead atoms. The highest BCUT2D eigenvalue weighted by molar-refractivity contribution is 5.97. The van der Waals surface area contributed by atoms with Crippen LogP contribution in [0.5, 0.6) is 0 Å². The van der Waals surface area contributed by atoms with Crippen LogP contribution in [0, 0.1) is 0 Å². The summed E-state index contributed by atoms with van der Waals surface area (Å²) in [5.41, 5.74) is 0.875. The molecule has 44 heavy (non-hydrogen) atoms. The Bertz CT molecular complexity index is 1340. The maximum Gasteiger partial charge on any atom is 0.337 e. The Labute approximate surface area is 253 Å². The summed E-state index contributed by atoms with van der Waals surface area (Å²) in [6.07, 6.45) is -4.21. The largest absolute Gasteiger partial charge is 0.467 e. The van der Waals surface area contributed by atoms with Gasteiger partial charge in [-0.1, -0.05) is 37.3 Å². The van der Waals surface area contributed by atoms with E-state index in [-0.39, 0.29) is 36.1 Å². The average molecular weight is 615 g/mol. The number of rotatable bonds is 14. The molecule has 2 aromatic rings. The summed E-state index contributed by atoms with van der Waals surface area (Å²) in [6.45, 7) is 2.09. The number of hydrogen-bond donors (Lipinski definition) is 2. The standard InChI is InChI=1S/C30H34N2O12/c1-6-23(34)44-24(26(35)31-16-19-12-20(28(37)40-3)15-21(13-19)29(38)41-4)25(43-17(2)33)27(36)32-22(30(39)42-5)14-18-10-8-7-9-11-18/h7-13,15,22,24-25H,6,14,16H2,1-5H3,(H,31,35)(H,32,36)/t22-,24+,25+/m0/s1. The molecule has 0 saturated carbocycles. The van der Waals surface area contributed by atoms with Crippen molar-refractivity contribution in [3.05, 3.63) is 70.8 Å². The molecule has 0 radical (unpaired) electrons. The molecule has 2 aromatic carbocycles. The van der Waals surface area contributed by atoms with E-state index in [1.165, 1.54) is 25.1 Å². The fourth-order valence-electron chi connectivity index (χ4n) is 3.90. The molecule has 14 heteroatoms. The van der Waals surface area contributed by atoms with E-state index >= 15 is 0 Å². The van der Waals surface area contributed by atoms with Gasteiger partial charge in [-0.05, 0) is 29.3 Å². The lowest BCUT2D eigenvalue weighted by Gasteiger charge is -2.26. The molecule has 0 fully saturated rings. The maximum absolute atomic E-state index is 13.4. The third-order valence-electron chi connectivity index (χ3n) is 6.02. The number of esters is 5. The van der Waals surface area contributed by atoms with Crippen molar-refractivity contribution < 1.29 is 57.2 Å². The van der Waals surface area contributed by atoms with E-state index in [2.05, 4.69) is 10.6 Å². The lowest BCUT2D eigenvalue weighted by atomic mass is 10.0. The van der Waals surface area contributed by atoms with Crippen LogP contribution in [0.15, 0.2) is 48.5 Å². The van der Waals surface area contributed by atoms with Crippen LogP contribution in [-0.2, 0) is 60.6 Å². The highest BCUT2D eigenvalue weighted by Crippen LogP contribution is 2.15. The zero-order chi connectivity index (χ0) is 32.8. The first kappa shape index (κ1) is 34.9. The zero-order valence-corrected chi connectivity index (χ0v) is 24.9. The molecule has 2 rings (SSSR count). The molecule has 2 amide bonds. The minimum absolute atomic E-state index is 0.00326. The van der Waals surface area contributed by atoms with Crippen LogP contribution in [0.3, 0.4) is 0 Å². The molecule has 236 valence electrons. The number of methoxy groups -OCH3 is 3. The first-order valence-electron chi connectivity index (χ1n) is 13.3. The molecule has 2 N–H and O–H groups in total. The number of ether oxygens (including phenoxy) is 5. The quantitative estimate of drug-likeness (QED) is 0.227.